The maximum absolute atomic E-state index is 13.3. The molecule has 1 aliphatic carbocycles. The van der Waals surface area contributed by atoms with Crippen LogP contribution in [0, 0.1) is 11.7 Å². The Labute approximate surface area is 108 Å². The monoisotopic (exact) mass is 251 g/mol. The number of aliphatic hydroxyl groups excluding tert-OH is 1. The molecule has 0 heterocycles. The lowest BCUT2D eigenvalue weighted by molar-refractivity contribution is 0.199. The smallest absolute Gasteiger partial charge is 0.123 e. The number of hydrogen-bond donors (Lipinski definition) is 1. The van der Waals surface area contributed by atoms with Gasteiger partial charge in [-0.05, 0) is 57.7 Å². The van der Waals surface area contributed by atoms with Crippen molar-refractivity contribution < 1.29 is 9.50 Å². The van der Waals surface area contributed by atoms with Crippen LogP contribution in [0.25, 0.3) is 0 Å². The number of anilines is 1. The van der Waals surface area contributed by atoms with Gasteiger partial charge in [0.05, 0.1) is 6.10 Å². The van der Waals surface area contributed by atoms with Crippen LogP contribution in [-0.2, 0) is 0 Å². The second-order valence-corrected chi connectivity index (χ2v) is 5.57. The fourth-order valence-corrected chi connectivity index (χ4v) is 2.29. The van der Waals surface area contributed by atoms with Crippen molar-refractivity contribution in [3.63, 3.8) is 0 Å². The van der Waals surface area contributed by atoms with Crippen LogP contribution in [0.2, 0.25) is 0 Å². The van der Waals surface area contributed by atoms with E-state index >= 15 is 0 Å². The first-order chi connectivity index (χ1) is 8.49. The van der Waals surface area contributed by atoms with Crippen molar-refractivity contribution in [2.75, 3.05) is 11.4 Å². The van der Waals surface area contributed by atoms with E-state index in [2.05, 4.69) is 18.7 Å². The molecule has 0 aromatic heterocycles. The van der Waals surface area contributed by atoms with Crippen LogP contribution in [-0.4, -0.2) is 17.7 Å². The van der Waals surface area contributed by atoms with Crippen molar-refractivity contribution in [3.05, 3.63) is 29.6 Å². The van der Waals surface area contributed by atoms with Gasteiger partial charge in [-0.15, -0.1) is 0 Å². The van der Waals surface area contributed by atoms with Crippen LogP contribution in [0.15, 0.2) is 18.2 Å². The maximum Gasteiger partial charge on any atom is 0.123 e. The molecule has 1 saturated carbocycles. The molecule has 0 radical (unpaired) electrons. The van der Waals surface area contributed by atoms with Gasteiger partial charge in [0, 0.05) is 23.8 Å². The number of benzene rings is 1. The summed E-state index contributed by atoms with van der Waals surface area (Å²) < 4.78 is 13.3. The predicted molar refractivity (Wildman–Crippen MR) is 72.2 cm³/mol. The highest BCUT2D eigenvalue weighted by Crippen LogP contribution is 2.35. The summed E-state index contributed by atoms with van der Waals surface area (Å²) in [7, 11) is 0. The van der Waals surface area contributed by atoms with E-state index in [0.29, 0.717) is 11.6 Å². The zero-order chi connectivity index (χ0) is 13.3. The van der Waals surface area contributed by atoms with Crippen molar-refractivity contribution in [2.24, 2.45) is 5.92 Å². The summed E-state index contributed by atoms with van der Waals surface area (Å²) in [5, 5.41) is 9.82. The minimum Gasteiger partial charge on any atom is -0.389 e. The first-order valence-corrected chi connectivity index (χ1v) is 6.73. The molecule has 3 heteroatoms. The van der Waals surface area contributed by atoms with Crippen LogP contribution in [0.5, 0.6) is 0 Å². The summed E-state index contributed by atoms with van der Waals surface area (Å²) in [6.07, 6.45) is 1.93. The Balaban J connectivity index is 2.32. The van der Waals surface area contributed by atoms with Crippen LogP contribution in [0.1, 0.15) is 45.3 Å². The number of nitrogens with zero attached hydrogens (tertiary/aromatic N) is 1. The second kappa shape index (κ2) is 5.27. The first-order valence-electron chi connectivity index (χ1n) is 6.73. The molecule has 1 unspecified atom stereocenters. The minimum atomic E-state index is -0.642. The average molecular weight is 251 g/mol. The Bertz CT molecular complexity index is 413. The van der Waals surface area contributed by atoms with Gasteiger partial charge in [0.1, 0.15) is 5.82 Å². The normalized spacial score (nSPS) is 17.0. The zero-order valence-corrected chi connectivity index (χ0v) is 11.4. The van der Waals surface area contributed by atoms with E-state index in [1.165, 1.54) is 25.0 Å². The molecule has 2 nitrogen and oxygen atoms in total. The van der Waals surface area contributed by atoms with Gasteiger partial charge >= 0.3 is 0 Å². The molecular formula is C15H22FNO. The fourth-order valence-electron chi connectivity index (χ4n) is 2.29. The van der Waals surface area contributed by atoms with E-state index < -0.39 is 6.10 Å². The van der Waals surface area contributed by atoms with Crippen molar-refractivity contribution in [1.82, 2.24) is 0 Å². The Kier molecular flexibility index (Phi) is 3.91. The highest BCUT2D eigenvalue weighted by Gasteiger charge is 2.27. The topological polar surface area (TPSA) is 23.5 Å². The quantitative estimate of drug-likeness (QED) is 0.865. The molecule has 0 spiro atoms. The molecule has 18 heavy (non-hydrogen) atoms. The van der Waals surface area contributed by atoms with E-state index in [0.717, 1.165) is 18.2 Å². The van der Waals surface area contributed by atoms with Gasteiger partial charge in [0.25, 0.3) is 0 Å². The van der Waals surface area contributed by atoms with E-state index in [9.17, 15) is 9.50 Å². The summed E-state index contributed by atoms with van der Waals surface area (Å²) in [6, 6.07) is 5.07. The van der Waals surface area contributed by atoms with Gasteiger partial charge in [0.15, 0.2) is 0 Å². The summed E-state index contributed by atoms with van der Waals surface area (Å²) >= 11 is 0. The molecule has 0 aliphatic heterocycles. The molecule has 1 atom stereocenters. The molecule has 100 valence electrons. The van der Waals surface area contributed by atoms with Gasteiger partial charge in [-0.3, -0.25) is 0 Å². The number of halogens is 1. The summed E-state index contributed by atoms with van der Waals surface area (Å²) in [4.78, 5) is 2.28. The largest absolute Gasteiger partial charge is 0.389 e. The van der Waals surface area contributed by atoms with Crippen molar-refractivity contribution >= 4 is 5.69 Å². The molecule has 0 bridgehead atoms. The Morgan fingerprint density at radius 1 is 1.33 bits per heavy atom. The first kappa shape index (κ1) is 13.3. The van der Waals surface area contributed by atoms with Crippen LogP contribution < -0.4 is 4.90 Å². The van der Waals surface area contributed by atoms with Crippen molar-refractivity contribution in [2.45, 2.75) is 45.8 Å². The maximum atomic E-state index is 13.3. The third-order valence-electron chi connectivity index (χ3n) is 3.52. The molecule has 1 fully saturated rings. The Morgan fingerprint density at radius 3 is 2.50 bits per heavy atom. The molecule has 2 rings (SSSR count). The standard InChI is InChI=1S/C15H22FNO/c1-10(2)17(9-12-4-5-12)15-7-6-13(16)8-14(15)11(3)18/h6-8,10-12,18H,4-5,9H2,1-3H3. The van der Waals surface area contributed by atoms with Gasteiger partial charge in [0.2, 0.25) is 0 Å². The predicted octanol–water partition coefficient (Wildman–Crippen LogP) is 3.50. The lowest BCUT2D eigenvalue weighted by Gasteiger charge is -2.31. The van der Waals surface area contributed by atoms with E-state index in [-0.39, 0.29) is 5.82 Å². The van der Waals surface area contributed by atoms with E-state index in [1.54, 1.807) is 13.0 Å². The van der Waals surface area contributed by atoms with Crippen LogP contribution in [0.4, 0.5) is 10.1 Å². The minimum absolute atomic E-state index is 0.287. The van der Waals surface area contributed by atoms with Gasteiger partial charge in [-0.25, -0.2) is 4.39 Å². The Hall–Kier alpha value is -1.09. The van der Waals surface area contributed by atoms with Crippen LogP contribution in [0.3, 0.4) is 0 Å². The summed E-state index contributed by atoms with van der Waals surface area (Å²) in [5.74, 6) is 0.476. The number of rotatable bonds is 5. The molecular weight excluding hydrogens is 229 g/mol. The zero-order valence-electron chi connectivity index (χ0n) is 11.4. The molecule has 0 saturated heterocycles. The van der Waals surface area contributed by atoms with E-state index in [1.807, 2.05) is 0 Å². The number of hydrogen-bond acceptors (Lipinski definition) is 2. The third kappa shape index (κ3) is 3.02. The average Bonchev–Trinajstić information content (AvgIpc) is 3.09. The highest BCUT2D eigenvalue weighted by molar-refractivity contribution is 5.55. The Morgan fingerprint density at radius 2 is 2.00 bits per heavy atom. The molecule has 1 aromatic carbocycles. The van der Waals surface area contributed by atoms with Gasteiger partial charge < -0.3 is 10.0 Å². The third-order valence-corrected chi connectivity index (χ3v) is 3.52. The van der Waals surface area contributed by atoms with E-state index in [4.69, 9.17) is 0 Å². The highest BCUT2D eigenvalue weighted by atomic mass is 19.1. The molecule has 1 aromatic rings. The van der Waals surface area contributed by atoms with Crippen molar-refractivity contribution in [1.29, 1.82) is 0 Å². The summed E-state index contributed by atoms with van der Waals surface area (Å²) in [5.41, 5.74) is 1.65. The lowest BCUT2D eigenvalue weighted by atomic mass is 10.1. The number of aliphatic hydroxyl groups is 1. The fraction of sp³-hybridized carbons (Fsp3) is 0.600. The molecule has 0 amide bonds. The van der Waals surface area contributed by atoms with Crippen molar-refractivity contribution in [3.8, 4) is 0 Å². The SMILES string of the molecule is CC(O)c1cc(F)ccc1N(CC1CC1)C(C)C. The van der Waals surface area contributed by atoms with Gasteiger partial charge in [-0.2, -0.15) is 0 Å². The second-order valence-electron chi connectivity index (χ2n) is 5.57. The van der Waals surface area contributed by atoms with Crippen LogP contribution >= 0.6 is 0 Å². The summed E-state index contributed by atoms with van der Waals surface area (Å²) in [6.45, 7) is 6.96. The van der Waals surface area contributed by atoms with Gasteiger partial charge in [-0.1, -0.05) is 0 Å². The molecule has 1 N–H and O–H groups in total. The lowest BCUT2D eigenvalue weighted by Crippen LogP contribution is -2.33. The molecule has 1 aliphatic rings.